The largest absolute Gasteiger partial charge is 0.465 e. The number of fused-ring (bicyclic) bond motifs is 1. The first-order valence-electron chi connectivity index (χ1n) is 12.6. The normalized spacial score (nSPS) is 12.4. The van der Waals surface area contributed by atoms with Crippen molar-refractivity contribution in [2.75, 3.05) is 23.9 Å². The molecular weight excluding hydrogens is 510 g/mol. The zero-order chi connectivity index (χ0) is 28.6. The van der Waals surface area contributed by atoms with Crippen LogP contribution in [0.3, 0.4) is 0 Å². The molecule has 1 N–H and O–H groups in total. The van der Waals surface area contributed by atoms with Gasteiger partial charge in [-0.25, -0.2) is 14.8 Å². The Labute approximate surface area is 230 Å². The van der Waals surface area contributed by atoms with E-state index in [1.54, 1.807) is 64.3 Å². The molecule has 0 spiro atoms. The Kier molecular flexibility index (Phi) is 6.87. The summed E-state index contributed by atoms with van der Waals surface area (Å²) < 4.78 is 1.76. The lowest BCUT2D eigenvalue weighted by Gasteiger charge is -2.24. The maximum absolute atomic E-state index is 13.7. The van der Waals surface area contributed by atoms with Crippen molar-refractivity contribution in [3.8, 4) is 23.3 Å². The molecule has 0 atom stereocenters. The van der Waals surface area contributed by atoms with E-state index in [9.17, 15) is 14.7 Å². The van der Waals surface area contributed by atoms with Gasteiger partial charge in [-0.15, -0.1) is 10.2 Å². The molecule has 0 saturated heterocycles. The minimum Gasteiger partial charge on any atom is -0.465 e. The highest BCUT2D eigenvalue weighted by Gasteiger charge is 2.34. The van der Waals surface area contributed by atoms with E-state index in [4.69, 9.17) is 15.2 Å². The summed E-state index contributed by atoms with van der Waals surface area (Å²) in [4.78, 5) is 39.4. The van der Waals surface area contributed by atoms with Crippen LogP contribution in [-0.4, -0.2) is 66.9 Å². The van der Waals surface area contributed by atoms with Crippen molar-refractivity contribution in [3.63, 3.8) is 0 Å². The fourth-order valence-corrected chi connectivity index (χ4v) is 4.40. The first-order chi connectivity index (χ1) is 19.2. The zero-order valence-electron chi connectivity index (χ0n) is 22.5. The average Bonchev–Trinajstić information content (AvgIpc) is 3.58. The van der Waals surface area contributed by atoms with Crippen LogP contribution in [0.2, 0.25) is 0 Å². The number of nitriles is 1. The number of pyridine rings is 2. The number of rotatable bonds is 7. The number of nitrogens with zero attached hydrogens (tertiary/aromatic N) is 9. The monoisotopic (exact) mass is 537 g/mol. The summed E-state index contributed by atoms with van der Waals surface area (Å²) in [6, 6.07) is 16.3. The second-order valence-electron chi connectivity index (χ2n) is 9.75. The molecule has 1 aromatic carbocycles. The highest BCUT2D eigenvalue weighted by atomic mass is 16.4. The van der Waals surface area contributed by atoms with Gasteiger partial charge in [-0.1, -0.05) is 6.07 Å². The van der Waals surface area contributed by atoms with E-state index < -0.39 is 6.09 Å². The molecule has 4 heterocycles. The molecule has 0 aliphatic carbocycles. The second-order valence-corrected chi connectivity index (χ2v) is 9.75. The van der Waals surface area contributed by atoms with Crippen LogP contribution in [0.15, 0.2) is 54.9 Å². The predicted octanol–water partition coefficient (Wildman–Crippen LogP) is 3.71. The molecule has 202 valence electrons. The Morgan fingerprint density at radius 1 is 1.15 bits per heavy atom. The maximum Gasteiger partial charge on any atom is 0.407 e. The second kappa shape index (κ2) is 10.5. The molecule has 0 unspecified atom stereocenters. The third kappa shape index (κ3) is 4.80. The lowest BCUT2D eigenvalue weighted by atomic mass is 10.1. The van der Waals surface area contributed by atoms with Gasteiger partial charge in [0.05, 0.1) is 36.0 Å². The third-order valence-electron chi connectivity index (χ3n) is 6.90. The summed E-state index contributed by atoms with van der Waals surface area (Å²) >= 11 is 0. The highest BCUT2D eigenvalue weighted by Crippen LogP contribution is 2.33. The summed E-state index contributed by atoms with van der Waals surface area (Å²) in [5.41, 5.74) is 3.48. The van der Waals surface area contributed by atoms with Crippen LogP contribution in [0, 0.1) is 11.3 Å². The van der Waals surface area contributed by atoms with Crippen LogP contribution in [0.5, 0.6) is 0 Å². The first-order valence-corrected chi connectivity index (χ1v) is 12.6. The van der Waals surface area contributed by atoms with Gasteiger partial charge in [-0.05, 0) is 56.3 Å². The smallest absolute Gasteiger partial charge is 0.407 e. The van der Waals surface area contributed by atoms with E-state index in [0.717, 1.165) is 10.6 Å². The number of carbonyl (C=O) groups is 2. The van der Waals surface area contributed by atoms with Crippen LogP contribution in [0.25, 0.3) is 17.2 Å². The van der Waals surface area contributed by atoms with Crippen molar-refractivity contribution in [3.05, 3.63) is 77.2 Å². The van der Waals surface area contributed by atoms with Gasteiger partial charge in [0.1, 0.15) is 23.7 Å². The van der Waals surface area contributed by atoms with Crippen LogP contribution < -0.4 is 9.80 Å². The molecule has 12 nitrogen and oxygen atoms in total. The Hall–Kier alpha value is -5.31. The molecule has 40 heavy (non-hydrogen) atoms. The molecule has 0 saturated carbocycles. The summed E-state index contributed by atoms with van der Waals surface area (Å²) in [6.07, 6.45) is 0.478. The van der Waals surface area contributed by atoms with Crippen molar-refractivity contribution >= 4 is 23.6 Å². The molecule has 4 aromatic rings. The maximum atomic E-state index is 13.7. The zero-order valence-corrected chi connectivity index (χ0v) is 22.5. The lowest BCUT2D eigenvalue weighted by molar-refractivity contribution is 0.0996. The molecule has 5 rings (SSSR count). The lowest BCUT2D eigenvalue weighted by Crippen LogP contribution is -2.29. The van der Waals surface area contributed by atoms with Gasteiger partial charge in [-0.2, -0.15) is 5.26 Å². The summed E-state index contributed by atoms with van der Waals surface area (Å²) in [6.45, 7) is 4.27. The van der Waals surface area contributed by atoms with Crippen molar-refractivity contribution in [2.24, 2.45) is 0 Å². The van der Waals surface area contributed by atoms with Gasteiger partial charge in [0.15, 0.2) is 5.82 Å². The van der Waals surface area contributed by atoms with Crippen molar-refractivity contribution in [1.82, 2.24) is 29.6 Å². The molecule has 0 fully saturated rings. The molecule has 1 aliphatic rings. The Morgan fingerprint density at radius 3 is 2.58 bits per heavy atom. The van der Waals surface area contributed by atoms with Gasteiger partial charge in [0.25, 0.3) is 5.91 Å². The van der Waals surface area contributed by atoms with Crippen LogP contribution in [-0.2, 0) is 13.1 Å². The number of hydrogen-bond acceptors (Lipinski definition) is 8. The van der Waals surface area contributed by atoms with E-state index in [1.807, 2.05) is 25.8 Å². The summed E-state index contributed by atoms with van der Waals surface area (Å²) in [5, 5.41) is 26.9. The van der Waals surface area contributed by atoms with Crippen molar-refractivity contribution in [2.45, 2.75) is 33.0 Å². The topological polar surface area (TPSA) is 144 Å². The van der Waals surface area contributed by atoms with E-state index in [2.05, 4.69) is 16.3 Å². The average molecular weight is 538 g/mol. The van der Waals surface area contributed by atoms with Crippen LogP contribution >= 0.6 is 0 Å². The SMILES string of the molecule is CC(C)N(C)c1cc2c(c(CN(C)C(=O)O)n1)CN(c1cccc(-c3nncn3-c3ccc(C#N)cc3)n1)C2=O. The number of anilines is 2. The fraction of sp³-hybridized carbons (Fsp3) is 0.250. The molecule has 0 radical (unpaired) electrons. The number of carbonyl (C=O) groups excluding carboxylic acids is 1. The standard InChI is InChI=1S/C28H27N9O3/c1-17(2)35(4)25-12-20-21(23(32-25)15-34(3)28(39)40)14-36(27(20)38)24-7-5-6-22(31-24)26-33-30-16-37(26)19-10-8-18(13-29)9-11-19/h5-12,16-17H,14-15H2,1-4H3,(H,39,40). The third-order valence-corrected chi connectivity index (χ3v) is 6.90. The van der Waals surface area contributed by atoms with E-state index >= 15 is 0 Å². The van der Waals surface area contributed by atoms with Gasteiger partial charge in [0.2, 0.25) is 0 Å². The minimum atomic E-state index is -1.08. The summed E-state index contributed by atoms with van der Waals surface area (Å²) in [7, 11) is 3.36. The molecule has 3 aromatic heterocycles. The van der Waals surface area contributed by atoms with Gasteiger partial charge in [-0.3, -0.25) is 14.3 Å². The van der Waals surface area contributed by atoms with E-state index in [0.29, 0.717) is 45.5 Å². The summed E-state index contributed by atoms with van der Waals surface area (Å²) in [5.74, 6) is 1.24. The number of amides is 2. The van der Waals surface area contributed by atoms with Crippen molar-refractivity contribution < 1.29 is 14.7 Å². The number of carboxylic acid groups (broad SMARTS) is 1. The number of benzene rings is 1. The van der Waals surface area contributed by atoms with Gasteiger partial charge >= 0.3 is 6.09 Å². The van der Waals surface area contributed by atoms with Gasteiger partial charge < -0.3 is 14.9 Å². The molecular formula is C28H27N9O3. The Bertz CT molecular complexity index is 1640. The number of aromatic nitrogens is 5. The molecule has 12 heteroatoms. The van der Waals surface area contributed by atoms with Crippen molar-refractivity contribution in [1.29, 1.82) is 5.26 Å². The Balaban J connectivity index is 1.51. The predicted molar refractivity (Wildman–Crippen MR) is 147 cm³/mol. The van der Waals surface area contributed by atoms with E-state index in [-0.39, 0.29) is 25.0 Å². The molecule has 1 aliphatic heterocycles. The fourth-order valence-electron chi connectivity index (χ4n) is 4.40. The Morgan fingerprint density at radius 2 is 1.90 bits per heavy atom. The van der Waals surface area contributed by atoms with Crippen LogP contribution in [0.4, 0.5) is 16.4 Å². The first kappa shape index (κ1) is 26.3. The highest BCUT2D eigenvalue weighted by molar-refractivity contribution is 6.10. The number of hydrogen-bond donors (Lipinski definition) is 1. The van der Waals surface area contributed by atoms with Crippen LogP contribution in [0.1, 0.15) is 41.0 Å². The van der Waals surface area contributed by atoms with E-state index in [1.165, 1.54) is 7.05 Å². The van der Waals surface area contributed by atoms with Gasteiger partial charge in [0, 0.05) is 31.4 Å². The minimum absolute atomic E-state index is 0.0414. The molecule has 0 bridgehead atoms. The molecule has 2 amide bonds. The quantitative estimate of drug-likeness (QED) is 0.373.